The Labute approximate surface area is 95.4 Å². The maximum atomic E-state index is 11.3. The lowest BCUT2D eigenvalue weighted by atomic mass is 9.84. The normalized spacial score (nSPS) is 23.4. The van der Waals surface area contributed by atoms with Crippen LogP contribution in [0.1, 0.15) is 30.1 Å². The summed E-state index contributed by atoms with van der Waals surface area (Å²) in [6, 6.07) is 7.13. The Hall–Kier alpha value is -1.51. The average Bonchev–Trinajstić information content (AvgIpc) is 2.26. The number of ether oxygens (including phenoxy) is 2. The Kier molecular flexibility index (Phi) is 3.13. The van der Waals surface area contributed by atoms with E-state index in [0.717, 1.165) is 24.5 Å². The maximum absolute atomic E-state index is 11.3. The molecule has 2 rings (SSSR count). The third-order valence-electron chi connectivity index (χ3n) is 2.89. The van der Waals surface area contributed by atoms with Crippen molar-refractivity contribution >= 4 is 5.97 Å². The Bertz CT molecular complexity index is 381. The van der Waals surface area contributed by atoms with Gasteiger partial charge < -0.3 is 9.47 Å². The van der Waals surface area contributed by atoms with Gasteiger partial charge in [0.15, 0.2) is 0 Å². The van der Waals surface area contributed by atoms with E-state index in [0.29, 0.717) is 11.7 Å². The van der Waals surface area contributed by atoms with Gasteiger partial charge in [-0.15, -0.1) is 0 Å². The smallest absolute Gasteiger partial charge is 0.337 e. The lowest BCUT2D eigenvalue weighted by Gasteiger charge is -2.32. The first kappa shape index (κ1) is 11.0. The van der Waals surface area contributed by atoms with Crippen LogP contribution < -0.4 is 4.74 Å². The molecule has 1 aliphatic carbocycles. The van der Waals surface area contributed by atoms with Crippen LogP contribution in [-0.2, 0) is 4.74 Å². The Balaban J connectivity index is 2.02. The van der Waals surface area contributed by atoms with Crippen LogP contribution in [0.3, 0.4) is 0 Å². The number of hydrogen-bond acceptors (Lipinski definition) is 3. The van der Waals surface area contributed by atoms with Gasteiger partial charge in [-0.05, 0) is 37.0 Å². The minimum absolute atomic E-state index is 0.308. The van der Waals surface area contributed by atoms with Crippen molar-refractivity contribution in [1.29, 1.82) is 0 Å². The lowest BCUT2D eigenvalue weighted by molar-refractivity contribution is 0.0594. The number of rotatable bonds is 3. The molecule has 1 aromatic rings. The van der Waals surface area contributed by atoms with E-state index < -0.39 is 0 Å². The number of esters is 1. The molecule has 3 heteroatoms. The standard InChI is InChI=1S/C13H16O3/c1-9-6-12(7-9)16-11-5-3-4-10(8-11)13(14)15-2/h3-5,8-9,12H,6-7H2,1-2H3. The summed E-state index contributed by atoms with van der Waals surface area (Å²) in [5.74, 6) is 1.18. The van der Waals surface area contributed by atoms with E-state index in [1.165, 1.54) is 7.11 Å². The van der Waals surface area contributed by atoms with Gasteiger partial charge in [0, 0.05) is 0 Å². The van der Waals surface area contributed by atoms with Crippen LogP contribution in [0.15, 0.2) is 24.3 Å². The first-order valence-corrected chi connectivity index (χ1v) is 5.54. The Morgan fingerprint density at radius 2 is 2.12 bits per heavy atom. The number of carbonyl (C=O) groups is 1. The van der Waals surface area contributed by atoms with Crippen LogP contribution in [0.4, 0.5) is 0 Å². The van der Waals surface area contributed by atoms with Gasteiger partial charge in [0.25, 0.3) is 0 Å². The molecular weight excluding hydrogens is 204 g/mol. The van der Waals surface area contributed by atoms with Crippen molar-refractivity contribution in [3.05, 3.63) is 29.8 Å². The van der Waals surface area contributed by atoms with E-state index in [2.05, 4.69) is 11.7 Å². The summed E-state index contributed by atoms with van der Waals surface area (Å²) in [5.41, 5.74) is 0.535. The minimum Gasteiger partial charge on any atom is -0.490 e. The zero-order valence-electron chi connectivity index (χ0n) is 9.60. The van der Waals surface area contributed by atoms with Gasteiger partial charge in [-0.25, -0.2) is 4.79 Å². The first-order chi connectivity index (χ1) is 7.69. The fraction of sp³-hybridized carbons (Fsp3) is 0.462. The van der Waals surface area contributed by atoms with Gasteiger partial charge >= 0.3 is 5.97 Å². The largest absolute Gasteiger partial charge is 0.490 e. The summed E-state index contributed by atoms with van der Waals surface area (Å²) >= 11 is 0. The third-order valence-corrected chi connectivity index (χ3v) is 2.89. The number of methoxy groups -OCH3 is 1. The Morgan fingerprint density at radius 1 is 1.38 bits per heavy atom. The molecule has 1 aliphatic rings. The molecule has 86 valence electrons. The molecule has 16 heavy (non-hydrogen) atoms. The van der Waals surface area contributed by atoms with E-state index in [1.54, 1.807) is 12.1 Å². The molecule has 3 nitrogen and oxygen atoms in total. The monoisotopic (exact) mass is 220 g/mol. The van der Waals surface area contributed by atoms with Crippen molar-refractivity contribution in [2.45, 2.75) is 25.9 Å². The predicted molar refractivity (Wildman–Crippen MR) is 60.6 cm³/mol. The van der Waals surface area contributed by atoms with Crippen LogP contribution in [0, 0.1) is 5.92 Å². The molecule has 1 fully saturated rings. The van der Waals surface area contributed by atoms with Crippen molar-refractivity contribution < 1.29 is 14.3 Å². The second-order valence-corrected chi connectivity index (χ2v) is 4.34. The van der Waals surface area contributed by atoms with Gasteiger partial charge in [0.2, 0.25) is 0 Å². The van der Waals surface area contributed by atoms with Crippen molar-refractivity contribution in [3.8, 4) is 5.75 Å². The quantitative estimate of drug-likeness (QED) is 0.734. The van der Waals surface area contributed by atoms with Gasteiger partial charge in [-0.2, -0.15) is 0 Å². The highest BCUT2D eigenvalue weighted by Gasteiger charge is 2.27. The van der Waals surface area contributed by atoms with Crippen LogP contribution >= 0.6 is 0 Å². The molecule has 1 saturated carbocycles. The highest BCUT2D eigenvalue weighted by atomic mass is 16.5. The zero-order valence-corrected chi connectivity index (χ0v) is 9.60. The highest BCUT2D eigenvalue weighted by Crippen LogP contribution is 2.30. The molecule has 0 aliphatic heterocycles. The fourth-order valence-corrected chi connectivity index (χ4v) is 1.93. The molecule has 0 bridgehead atoms. The fourth-order valence-electron chi connectivity index (χ4n) is 1.93. The highest BCUT2D eigenvalue weighted by molar-refractivity contribution is 5.89. The summed E-state index contributed by atoms with van der Waals surface area (Å²) < 4.78 is 10.4. The second-order valence-electron chi connectivity index (χ2n) is 4.34. The average molecular weight is 220 g/mol. The summed E-state index contributed by atoms with van der Waals surface area (Å²) in [4.78, 5) is 11.3. The molecule has 0 heterocycles. The molecule has 0 radical (unpaired) electrons. The van der Waals surface area contributed by atoms with E-state index in [4.69, 9.17) is 4.74 Å². The van der Waals surface area contributed by atoms with Gasteiger partial charge in [0.05, 0.1) is 18.8 Å². The molecule has 0 aromatic heterocycles. The van der Waals surface area contributed by atoms with Crippen LogP contribution in [0.2, 0.25) is 0 Å². The van der Waals surface area contributed by atoms with Gasteiger partial charge in [-0.1, -0.05) is 13.0 Å². The molecule has 0 atom stereocenters. The zero-order chi connectivity index (χ0) is 11.5. The van der Waals surface area contributed by atoms with Crippen LogP contribution in [0.25, 0.3) is 0 Å². The van der Waals surface area contributed by atoms with Crippen LogP contribution in [0.5, 0.6) is 5.75 Å². The van der Waals surface area contributed by atoms with E-state index >= 15 is 0 Å². The summed E-state index contributed by atoms with van der Waals surface area (Å²) in [5, 5.41) is 0. The van der Waals surface area contributed by atoms with E-state index in [1.807, 2.05) is 12.1 Å². The number of hydrogen-bond donors (Lipinski definition) is 0. The molecule has 0 amide bonds. The minimum atomic E-state index is -0.326. The molecule has 0 N–H and O–H groups in total. The van der Waals surface area contributed by atoms with Gasteiger partial charge in [-0.3, -0.25) is 0 Å². The third kappa shape index (κ3) is 2.35. The lowest BCUT2D eigenvalue weighted by Crippen LogP contribution is -2.31. The van der Waals surface area contributed by atoms with E-state index in [-0.39, 0.29) is 5.97 Å². The summed E-state index contributed by atoms with van der Waals surface area (Å²) in [7, 11) is 1.38. The SMILES string of the molecule is COC(=O)c1cccc(OC2CC(C)C2)c1. The molecule has 1 aromatic carbocycles. The van der Waals surface area contributed by atoms with E-state index in [9.17, 15) is 4.79 Å². The van der Waals surface area contributed by atoms with Crippen molar-refractivity contribution in [3.63, 3.8) is 0 Å². The molecule has 0 spiro atoms. The maximum Gasteiger partial charge on any atom is 0.337 e. The predicted octanol–water partition coefficient (Wildman–Crippen LogP) is 2.65. The van der Waals surface area contributed by atoms with Crippen molar-refractivity contribution in [2.75, 3.05) is 7.11 Å². The van der Waals surface area contributed by atoms with Crippen molar-refractivity contribution in [1.82, 2.24) is 0 Å². The molecule has 0 unspecified atom stereocenters. The Morgan fingerprint density at radius 3 is 2.75 bits per heavy atom. The summed E-state index contributed by atoms with van der Waals surface area (Å²) in [6.07, 6.45) is 2.51. The van der Waals surface area contributed by atoms with Gasteiger partial charge in [0.1, 0.15) is 5.75 Å². The summed E-state index contributed by atoms with van der Waals surface area (Å²) in [6.45, 7) is 2.21. The second kappa shape index (κ2) is 4.56. The number of benzene rings is 1. The van der Waals surface area contributed by atoms with Crippen LogP contribution in [-0.4, -0.2) is 19.2 Å². The number of carbonyl (C=O) groups excluding carboxylic acids is 1. The topological polar surface area (TPSA) is 35.5 Å². The van der Waals surface area contributed by atoms with Crippen molar-refractivity contribution in [2.24, 2.45) is 5.92 Å². The first-order valence-electron chi connectivity index (χ1n) is 5.54. The molecular formula is C13H16O3. The molecule has 0 saturated heterocycles.